The predicted octanol–water partition coefficient (Wildman–Crippen LogP) is 7.56. The number of halogens is 4. The zero-order valence-electron chi connectivity index (χ0n) is 19.7. The van der Waals surface area contributed by atoms with E-state index in [1.165, 1.54) is 44.2 Å². The lowest BCUT2D eigenvalue weighted by Crippen LogP contribution is -2.37. The third-order valence-corrected chi connectivity index (χ3v) is 5.79. The molecule has 0 aliphatic heterocycles. The van der Waals surface area contributed by atoms with Crippen LogP contribution in [0.25, 0.3) is 11.1 Å². The Bertz CT molecular complexity index is 852. The molecule has 0 bridgehead atoms. The Morgan fingerprint density at radius 1 is 0.758 bits per heavy atom. The number of hydrogen-bond acceptors (Lipinski definition) is 3. The van der Waals surface area contributed by atoms with E-state index in [1.807, 2.05) is 0 Å². The average Bonchev–Trinajstić information content (AvgIpc) is 2.84. The second kappa shape index (κ2) is 13.7. The van der Waals surface area contributed by atoms with Crippen molar-refractivity contribution in [1.82, 2.24) is 0 Å². The highest BCUT2D eigenvalue weighted by Gasteiger charge is 2.30. The first-order valence-corrected chi connectivity index (χ1v) is 11.5. The second-order valence-corrected chi connectivity index (χ2v) is 8.11. The summed E-state index contributed by atoms with van der Waals surface area (Å²) in [5.74, 6) is -7.59. The highest BCUT2D eigenvalue weighted by molar-refractivity contribution is 5.64. The Kier molecular flexibility index (Phi) is 11.3. The summed E-state index contributed by atoms with van der Waals surface area (Å²) in [4.78, 5) is 0. The number of benzene rings is 2. The van der Waals surface area contributed by atoms with Crippen LogP contribution in [0, 0.1) is 23.3 Å². The molecule has 2 aromatic rings. The summed E-state index contributed by atoms with van der Waals surface area (Å²) in [7, 11) is 3.10. The van der Waals surface area contributed by atoms with Crippen LogP contribution >= 0.6 is 0 Å². The Morgan fingerprint density at radius 3 is 1.97 bits per heavy atom. The fourth-order valence-electron chi connectivity index (χ4n) is 3.73. The highest BCUT2D eigenvalue weighted by Crippen LogP contribution is 2.28. The van der Waals surface area contributed by atoms with Crippen molar-refractivity contribution in [3.05, 3.63) is 59.2 Å². The third-order valence-electron chi connectivity index (χ3n) is 5.79. The van der Waals surface area contributed by atoms with E-state index in [9.17, 15) is 17.6 Å². The van der Waals surface area contributed by atoms with Gasteiger partial charge in [-0.3, -0.25) is 0 Å². The molecule has 2 rings (SSSR count). The zero-order chi connectivity index (χ0) is 24.3. The van der Waals surface area contributed by atoms with Crippen LogP contribution in [0.4, 0.5) is 17.6 Å². The first kappa shape index (κ1) is 27.3. The number of rotatable bonds is 15. The van der Waals surface area contributed by atoms with Crippen LogP contribution in [-0.2, 0) is 20.6 Å². The first-order chi connectivity index (χ1) is 15.9. The van der Waals surface area contributed by atoms with Crippen molar-refractivity contribution in [3.8, 4) is 11.1 Å². The number of unbranched alkanes of at least 4 members (excludes halogenated alkanes) is 6. The fraction of sp³-hybridized carbons (Fsp3) is 0.538. The van der Waals surface area contributed by atoms with E-state index in [-0.39, 0.29) is 11.1 Å². The van der Waals surface area contributed by atoms with Gasteiger partial charge in [0.15, 0.2) is 23.3 Å². The summed E-state index contributed by atoms with van der Waals surface area (Å²) in [6.07, 6.45) is 9.35. The molecule has 184 valence electrons. The molecule has 33 heavy (non-hydrogen) atoms. The number of ether oxygens (including phenoxy) is 3. The molecule has 0 aliphatic rings. The van der Waals surface area contributed by atoms with E-state index in [2.05, 4.69) is 6.92 Å². The lowest BCUT2D eigenvalue weighted by molar-refractivity contribution is -0.365. The van der Waals surface area contributed by atoms with Gasteiger partial charge in [0, 0.05) is 26.2 Å². The van der Waals surface area contributed by atoms with Crippen LogP contribution in [0.3, 0.4) is 0 Å². The van der Waals surface area contributed by atoms with Gasteiger partial charge in [0.25, 0.3) is 5.97 Å². The van der Waals surface area contributed by atoms with Gasteiger partial charge in [-0.25, -0.2) is 17.6 Å². The molecule has 0 fully saturated rings. The molecule has 0 atom stereocenters. The summed E-state index contributed by atoms with van der Waals surface area (Å²) in [5.41, 5.74) is 0.790. The van der Waals surface area contributed by atoms with Crippen LogP contribution in [-0.4, -0.2) is 26.8 Å². The van der Waals surface area contributed by atoms with E-state index < -0.39 is 29.2 Å². The third kappa shape index (κ3) is 7.80. The normalized spacial score (nSPS) is 11.8. The zero-order valence-corrected chi connectivity index (χ0v) is 19.7. The summed E-state index contributed by atoms with van der Waals surface area (Å²) in [6.45, 7) is 2.52. The molecule has 3 nitrogen and oxygen atoms in total. The monoisotopic (exact) mass is 470 g/mol. The van der Waals surface area contributed by atoms with E-state index in [1.54, 1.807) is 26.4 Å². The van der Waals surface area contributed by atoms with Gasteiger partial charge in [0.2, 0.25) is 0 Å². The molecule has 0 spiro atoms. The highest BCUT2D eigenvalue weighted by atomic mass is 19.2. The van der Waals surface area contributed by atoms with Crippen molar-refractivity contribution in [2.24, 2.45) is 0 Å². The summed E-state index contributed by atoms with van der Waals surface area (Å²) in [6, 6.07) is 7.12. The largest absolute Gasteiger partial charge is 0.331 e. The van der Waals surface area contributed by atoms with E-state index in [0.717, 1.165) is 18.4 Å². The summed E-state index contributed by atoms with van der Waals surface area (Å²) >= 11 is 0. The minimum absolute atomic E-state index is 0.247. The lowest BCUT2D eigenvalue weighted by atomic mass is 10.0. The molecule has 0 N–H and O–H groups in total. The number of hydrogen-bond donors (Lipinski definition) is 0. The molecule has 0 saturated carbocycles. The van der Waals surface area contributed by atoms with Gasteiger partial charge in [0.1, 0.15) is 0 Å². The molecule has 7 heteroatoms. The maximum Gasteiger partial charge on any atom is 0.282 e. The Balaban J connectivity index is 1.88. The second-order valence-electron chi connectivity index (χ2n) is 8.11. The minimum atomic E-state index is -1.82. The van der Waals surface area contributed by atoms with Crippen LogP contribution in [0.2, 0.25) is 0 Å². The van der Waals surface area contributed by atoms with Crippen molar-refractivity contribution in [1.29, 1.82) is 0 Å². The molecule has 0 radical (unpaired) electrons. The van der Waals surface area contributed by atoms with Gasteiger partial charge in [0.05, 0.1) is 6.61 Å². The quantitative estimate of drug-likeness (QED) is 0.0884. The molecule has 0 saturated heterocycles. The molecular formula is C26H34F4O3. The SMILES string of the molecule is CCCCCCCCCC(OC)(OC)OCCc1ccc(-c2cc(F)c(F)c(F)c2F)cc1. The average molecular weight is 471 g/mol. The topological polar surface area (TPSA) is 27.7 Å². The maximum atomic E-state index is 14.0. The standard InChI is InChI=1S/C26H34F4O3/c1-4-5-6-7-8-9-10-16-26(31-2,32-3)33-17-15-19-11-13-20(14-12-19)21-18-22(27)24(29)25(30)23(21)28/h11-14,18H,4-10,15-17H2,1-3H3. The lowest BCUT2D eigenvalue weighted by Gasteiger charge is -2.30. The van der Waals surface area contributed by atoms with E-state index >= 15 is 0 Å². The smallest absolute Gasteiger partial charge is 0.282 e. The van der Waals surface area contributed by atoms with Gasteiger partial charge in [-0.1, -0.05) is 69.7 Å². The molecule has 0 amide bonds. The van der Waals surface area contributed by atoms with Crippen molar-refractivity contribution in [2.75, 3.05) is 20.8 Å². The molecule has 2 aromatic carbocycles. The fourth-order valence-corrected chi connectivity index (χ4v) is 3.73. The molecule has 0 aliphatic carbocycles. The maximum absolute atomic E-state index is 14.0. The van der Waals surface area contributed by atoms with Gasteiger partial charge in [-0.05, 0) is 30.0 Å². The number of methoxy groups -OCH3 is 2. The van der Waals surface area contributed by atoms with E-state index in [4.69, 9.17) is 14.2 Å². The van der Waals surface area contributed by atoms with Crippen LogP contribution in [0.15, 0.2) is 30.3 Å². The van der Waals surface area contributed by atoms with Gasteiger partial charge < -0.3 is 14.2 Å². The van der Waals surface area contributed by atoms with Crippen molar-refractivity contribution >= 4 is 0 Å². The summed E-state index contributed by atoms with van der Waals surface area (Å²) in [5, 5.41) is 0. The van der Waals surface area contributed by atoms with Crippen LogP contribution in [0.1, 0.15) is 63.9 Å². The summed E-state index contributed by atoms with van der Waals surface area (Å²) < 4.78 is 71.1. The molecule has 0 aromatic heterocycles. The first-order valence-electron chi connectivity index (χ1n) is 11.5. The van der Waals surface area contributed by atoms with Gasteiger partial charge in [-0.2, -0.15) is 0 Å². The van der Waals surface area contributed by atoms with Crippen molar-refractivity contribution in [3.63, 3.8) is 0 Å². The predicted molar refractivity (Wildman–Crippen MR) is 121 cm³/mol. The van der Waals surface area contributed by atoms with Crippen LogP contribution < -0.4 is 0 Å². The Morgan fingerprint density at radius 2 is 1.36 bits per heavy atom. The molecule has 0 heterocycles. The molecular weight excluding hydrogens is 436 g/mol. The van der Waals surface area contributed by atoms with Crippen molar-refractivity contribution in [2.45, 2.75) is 70.7 Å². The van der Waals surface area contributed by atoms with Crippen molar-refractivity contribution < 1.29 is 31.8 Å². The van der Waals surface area contributed by atoms with Gasteiger partial charge in [-0.15, -0.1) is 0 Å². The van der Waals surface area contributed by atoms with Crippen LogP contribution in [0.5, 0.6) is 0 Å². The Hall–Kier alpha value is -1.96. The van der Waals surface area contributed by atoms with Gasteiger partial charge >= 0.3 is 0 Å². The molecule has 0 unspecified atom stereocenters. The van der Waals surface area contributed by atoms with E-state index in [0.29, 0.717) is 25.5 Å². The Labute approximate surface area is 194 Å². The minimum Gasteiger partial charge on any atom is -0.331 e.